The minimum absolute atomic E-state index is 0.0386. The molecule has 29 heavy (non-hydrogen) atoms. The highest BCUT2D eigenvalue weighted by molar-refractivity contribution is 7.93. The SMILES string of the molecule is O=S(=O)(Nc1ncns1)c1ccc(Oc2ccccc2-c2ccccc2)cc1Cl. The van der Waals surface area contributed by atoms with Crippen molar-refractivity contribution in [3.05, 3.63) is 84.1 Å². The van der Waals surface area contributed by atoms with Crippen LogP contribution in [0.1, 0.15) is 0 Å². The summed E-state index contributed by atoms with van der Waals surface area (Å²) in [4.78, 5) is 3.75. The highest BCUT2D eigenvalue weighted by Crippen LogP contribution is 2.35. The van der Waals surface area contributed by atoms with Crippen molar-refractivity contribution in [3.8, 4) is 22.6 Å². The van der Waals surface area contributed by atoms with E-state index in [2.05, 4.69) is 14.1 Å². The van der Waals surface area contributed by atoms with Crippen LogP contribution in [-0.4, -0.2) is 17.8 Å². The van der Waals surface area contributed by atoms with Gasteiger partial charge in [0.25, 0.3) is 10.0 Å². The first-order valence-corrected chi connectivity index (χ1v) is 11.1. The molecule has 0 radical (unpaired) electrons. The molecule has 9 heteroatoms. The van der Waals surface area contributed by atoms with Crippen molar-refractivity contribution in [1.82, 2.24) is 9.36 Å². The molecule has 4 rings (SSSR count). The predicted octanol–water partition coefficient (Wildman–Crippen LogP) is 5.45. The van der Waals surface area contributed by atoms with Crippen molar-refractivity contribution in [1.29, 1.82) is 0 Å². The van der Waals surface area contributed by atoms with E-state index in [4.69, 9.17) is 16.3 Å². The van der Waals surface area contributed by atoms with Gasteiger partial charge in [-0.05, 0) is 23.8 Å². The number of hydrogen-bond donors (Lipinski definition) is 1. The van der Waals surface area contributed by atoms with Crippen molar-refractivity contribution >= 4 is 38.3 Å². The van der Waals surface area contributed by atoms with Crippen LogP contribution in [0.15, 0.2) is 84.0 Å². The van der Waals surface area contributed by atoms with Crippen LogP contribution >= 0.6 is 23.1 Å². The fourth-order valence-corrected chi connectivity index (χ4v) is 4.89. The third-order valence-electron chi connectivity index (χ3n) is 3.98. The zero-order valence-corrected chi connectivity index (χ0v) is 17.2. The normalized spacial score (nSPS) is 11.2. The van der Waals surface area contributed by atoms with Gasteiger partial charge in [0.15, 0.2) is 0 Å². The van der Waals surface area contributed by atoms with Crippen molar-refractivity contribution in [2.75, 3.05) is 4.72 Å². The third-order valence-corrected chi connectivity index (χ3v) is 6.51. The van der Waals surface area contributed by atoms with E-state index in [0.717, 1.165) is 22.7 Å². The average Bonchev–Trinajstić information content (AvgIpc) is 3.21. The molecule has 1 heterocycles. The summed E-state index contributed by atoms with van der Waals surface area (Å²) in [7, 11) is -3.88. The lowest BCUT2D eigenvalue weighted by Crippen LogP contribution is -2.13. The Morgan fingerprint density at radius 1 is 0.966 bits per heavy atom. The smallest absolute Gasteiger partial charge is 0.265 e. The largest absolute Gasteiger partial charge is 0.457 e. The number of nitrogens with one attached hydrogen (secondary N) is 1. The van der Waals surface area contributed by atoms with Crippen LogP contribution in [0.3, 0.4) is 0 Å². The summed E-state index contributed by atoms with van der Waals surface area (Å²) in [5.41, 5.74) is 1.92. The lowest BCUT2D eigenvalue weighted by Gasteiger charge is -2.13. The van der Waals surface area contributed by atoms with Crippen LogP contribution in [0.5, 0.6) is 11.5 Å². The monoisotopic (exact) mass is 443 g/mol. The number of sulfonamides is 1. The maximum absolute atomic E-state index is 12.5. The molecule has 0 aliphatic carbocycles. The molecule has 0 spiro atoms. The van der Waals surface area contributed by atoms with E-state index in [1.807, 2.05) is 54.6 Å². The zero-order chi connectivity index (χ0) is 20.3. The number of nitrogens with zero attached hydrogens (tertiary/aromatic N) is 2. The molecule has 0 saturated carbocycles. The van der Waals surface area contributed by atoms with Gasteiger partial charge in [0.2, 0.25) is 5.13 Å². The molecular formula is C20H14ClN3O3S2. The molecule has 0 aliphatic rings. The van der Waals surface area contributed by atoms with E-state index >= 15 is 0 Å². The maximum atomic E-state index is 12.5. The van der Waals surface area contributed by atoms with Gasteiger partial charge < -0.3 is 4.74 Å². The molecule has 0 atom stereocenters. The summed E-state index contributed by atoms with van der Waals surface area (Å²) in [5, 5.41) is 0.204. The molecule has 0 aliphatic heterocycles. The number of ether oxygens (including phenoxy) is 1. The van der Waals surface area contributed by atoms with Gasteiger partial charge in [0.05, 0.1) is 5.02 Å². The highest BCUT2D eigenvalue weighted by atomic mass is 35.5. The van der Waals surface area contributed by atoms with Crippen molar-refractivity contribution in [3.63, 3.8) is 0 Å². The molecule has 0 unspecified atom stereocenters. The quantitative estimate of drug-likeness (QED) is 0.428. The van der Waals surface area contributed by atoms with Gasteiger partial charge >= 0.3 is 0 Å². The minimum atomic E-state index is -3.88. The van der Waals surface area contributed by atoms with Crippen LogP contribution in [0.25, 0.3) is 11.1 Å². The molecular weight excluding hydrogens is 430 g/mol. The Labute approximate surface area is 177 Å². The van der Waals surface area contributed by atoms with Crippen LogP contribution < -0.4 is 9.46 Å². The Bertz CT molecular complexity index is 1230. The Morgan fingerprint density at radius 3 is 2.45 bits per heavy atom. The van der Waals surface area contributed by atoms with Crippen molar-refractivity contribution in [2.45, 2.75) is 4.90 Å². The van der Waals surface area contributed by atoms with Gasteiger partial charge in [-0.1, -0.05) is 60.1 Å². The molecule has 0 amide bonds. The van der Waals surface area contributed by atoms with E-state index in [-0.39, 0.29) is 15.0 Å². The summed E-state index contributed by atoms with van der Waals surface area (Å²) in [6.45, 7) is 0. The van der Waals surface area contributed by atoms with Crippen LogP contribution in [0, 0.1) is 0 Å². The summed E-state index contributed by atoms with van der Waals surface area (Å²) in [5.74, 6) is 1.06. The molecule has 146 valence electrons. The number of para-hydroxylation sites is 1. The molecule has 0 saturated heterocycles. The van der Waals surface area contributed by atoms with E-state index in [9.17, 15) is 8.42 Å². The van der Waals surface area contributed by atoms with Gasteiger partial charge in [-0.2, -0.15) is 4.37 Å². The van der Waals surface area contributed by atoms with Crippen LogP contribution in [0.4, 0.5) is 5.13 Å². The van der Waals surface area contributed by atoms with E-state index in [1.165, 1.54) is 18.5 Å². The molecule has 0 fully saturated rings. The Morgan fingerprint density at radius 2 is 1.72 bits per heavy atom. The number of benzene rings is 3. The van der Waals surface area contributed by atoms with Crippen molar-refractivity contribution < 1.29 is 13.2 Å². The second-order valence-corrected chi connectivity index (χ2v) is 8.75. The second kappa shape index (κ2) is 8.20. The Hall–Kier alpha value is -2.94. The zero-order valence-electron chi connectivity index (χ0n) is 14.8. The predicted molar refractivity (Wildman–Crippen MR) is 114 cm³/mol. The van der Waals surface area contributed by atoms with Gasteiger partial charge in [-0.3, -0.25) is 4.72 Å². The second-order valence-electron chi connectivity index (χ2n) is 5.91. The van der Waals surface area contributed by atoms with Crippen molar-refractivity contribution in [2.24, 2.45) is 0 Å². The molecule has 6 nitrogen and oxygen atoms in total. The lowest BCUT2D eigenvalue weighted by atomic mass is 10.1. The summed E-state index contributed by atoms with van der Waals surface area (Å²) in [6.07, 6.45) is 1.27. The maximum Gasteiger partial charge on any atom is 0.265 e. The average molecular weight is 444 g/mol. The number of anilines is 1. The molecule has 1 N–H and O–H groups in total. The topological polar surface area (TPSA) is 81.2 Å². The minimum Gasteiger partial charge on any atom is -0.457 e. The van der Waals surface area contributed by atoms with Gasteiger partial charge in [0.1, 0.15) is 22.7 Å². The van der Waals surface area contributed by atoms with E-state index in [0.29, 0.717) is 11.5 Å². The Balaban J connectivity index is 1.62. The first kappa shape index (κ1) is 19.4. The highest BCUT2D eigenvalue weighted by Gasteiger charge is 2.20. The summed E-state index contributed by atoms with van der Waals surface area (Å²) in [6, 6.07) is 21.9. The molecule has 0 bridgehead atoms. The fourth-order valence-electron chi connectivity index (χ4n) is 2.69. The Kier molecular flexibility index (Phi) is 5.48. The number of rotatable bonds is 6. The third kappa shape index (κ3) is 4.40. The standard InChI is InChI=1S/C20H14ClN3O3S2/c21-17-12-15(10-11-19(17)29(25,26)24-20-22-13-23-28-20)27-18-9-5-4-8-16(18)14-6-2-1-3-7-14/h1-13H,(H,22,23,24). The lowest BCUT2D eigenvalue weighted by molar-refractivity contribution is 0.484. The van der Waals surface area contributed by atoms with E-state index < -0.39 is 10.0 Å². The van der Waals surface area contributed by atoms with Gasteiger partial charge in [-0.15, -0.1) is 0 Å². The van der Waals surface area contributed by atoms with Gasteiger partial charge in [-0.25, -0.2) is 13.4 Å². The van der Waals surface area contributed by atoms with Crippen LogP contribution in [0.2, 0.25) is 5.02 Å². The molecule has 3 aromatic carbocycles. The first-order chi connectivity index (χ1) is 14.0. The van der Waals surface area contributed by atoms with Gasteiger partial charge in [0, 0.05) is 23.2 Å². The number of hydrogen-bond acceptors (Lipinski definition) is 6. The number of halogens is 1. The summed E-state index contributed by atoms with van der Waals surface area (Å²) >= 11 is 7.18. The first-order valence-electron chi connectivity index (χ1n) is 8.44. The fraction of sp³-hybridized carbons (Fsp3) is 0. The summed E-state index contributed by atoms with van der Waals surface area (Å²) < 4.78 is 37.2. The molecule has 4 aromatic rings. The van der Waals surface area contributed by atoms with Crippen LogP contribution in [-0.2, 0) is 10.0 Å². The molecule has 1 aromatic heterocycles. The number of aromatic nitrogens is 2. The van der Waals surface area contributed by atoms with E-state index in [1.54, 1.807) is 6.07 Å².